The SMILES string of the molecule is CNCC1CCCN1C(=O)c1cc2cc(F)ccc2s1. The Hall–Kier alpha value is -1.46. The fourth-order valence-corrected chi connectivity index (χ4v) is 3.81. The van der Waals surface area contributed by atoms with E-state index in [-0.39, 0.29) is 17.8 Å². The number of carbonyl (C=O) groups is 1. The number of hydrogen-bond donors (Lipinski definition) is 1. The number of rotatable bonds is 3. The summed E-state index contributed by atoms with van der Waals surface area (Å²) >= 11 is 1.44. The summed E-state index contributed by atoms with van der Waals surface area (Å²) in [5.41, 5.74) is 0. The van der Waals surface area contributed by atoms with E-state index in [4.69, 9.17) is 0 Å². The maximum Gasteiger partial charge on any atom is 0.264 e. The van der Waals surface area contributed by atoms with Crippen LogP contribution in [0.2, 0.25) is 0 Å². The zero-order valence-electron chi connectivity index (χ0n) is 11.4. The molecule has 1 aliphatic rings. The summed E-state index contributed by atoms with van der Waals surface area (Å²) in [6.07, 6.45) is 2.10. The van der Waals surface area contributed by atoms with Gasteiger partial charge in [-0.15, -0.1) is 11.3 Å². The van der Waals surface area contributed by atoms with Crippen molar-refractivity contribution >= 4 is 27.3 Å². The quantitative estimate of drug-likeness (QED) is 0.943. The van der Waals surface area contributed by atoms with Crippen LogP contribution in [0.15, 0.2) is 24.3 Å². The van der Waals surface area contributed by atoms with E-state index in [9.17, 15) is 9.18 Å². The summed E-state index contributed by atoms with van der Waals surface area (Å²) in [7, 11) is 1.91. The van der Waals surface area contributed by atoms with Crippen molar-refractivity contribution in [2.24, 2.45) is 0 Å². The van der Waals surface area contributed by atoms with Gasteiger partial charge in [-0.2, -0.15) is 0 Å². The van der Waals surface area contributed by atoms with Crippen molar-refractivity contribution in [1.29, 1.82) is 0 Å². The highest BCUT2D eigenvalue weighted by Crippen LogP contribution is 2.29. The number of likely N-dealkylation sites (N-methyl/N-ethyl adjacent to an activating group) is 1. The normalized spacial score (nSPS) is 18.9. The number of amides is 1. The molecule has 1 N–H and O–H groups in total. The molecule has 1 atom stereocenters. The van der Waals surface area contributed by atoms with E-state index in [0.717, 1.165) is 36.0 Å². The highest BCUT2D eigenvalue weighted by molar-refractivity contribution is 7.20. The molecule has 0 aliphatic carbocycles. The number of likely N-dealkylation sites (tertiary alicyclic amines) is 1. The van der Waals surface area contributed by atoms with Gasteiger partial charge in [-0.1, -0.05) is 0 Å². The lowest BCUT2D eigenvalue weighted by molar-refractivity contribution is 0.0742. The van der Waals surface area contributed by atoms with Crippen LogP contribution in [-0.2, 0) is 0 Å². The number of thiophene rings is 1. The van der Waals surface area contributed by atoms with Crippen LogP contribution in [0.25, 0.3) is 10.1 Å². The molecule has 1 unspecified atom stereocenters. The third-order valence-electron chi connectivity index (χ3n) is 3.77. The van der Waals surface area contributed by atoms with Gasteiger partial charge < -0.3 is 10.2 Å². The van der Waals surface area contributed by atoms with Gasteiger partial charge in [0, 0.05) is 23.8 Å². The molecule has 5 heteroatoms. The Labute approximate surface area is 121 Å². The predicted octanol–water partition coefficient (Wildman–Crippen LogP) is 2.86. The molecule has 1 fully saturated rings. The fourth-order valence-electron chi connectivity index (χ4n) is 2.81. The Balaban J connectivity index is 1.88. The van der Waals surface area contributed by atoms with Crippen LogP contribution in [0.5, 0.6) is 0 Å². The molecule has 20 heavy (non-hydrogen) atoms. The van der Waals surface area contributed by atoms with Crippen molar-refractivity contribution in [2.75, 3.05) is 20.1 Å². The Morgan fingerprint density at radius 3 is 3.15 bits per heavy atom. The molecule has 0 spiro atoms. The van der Waals surface area contributed by atoms with Crippen LogP contribution in [0.4, 0.5) is 4.39 Å². The molecule has 106 valence electrons. The largest absolute Gasteiger partial charge is 0.334 e. The summed E-state index contributed by atoms with van der Waals surface area (Å²) in [6, 6.07) is 6.74. The average Bonchev–Trinajstić information content (AvgIpc) is 3.04. The van der Waals surface area contributed by atoms with Crippen molar-refractivity contribution < 1.29 is 9.18 Å². The number of benzene rings is 1. The molecule has 2 aromatic rings. The van der Waals surface area contributed by atoms with Gasteiger partial charge >= 0.3 is 0 Å². The highest BCUT2D eigenvalue weighted by Gasteiger charge is 2.29. The van der Waals surface area contributed by atoms with Gasteiger partial charge in [0.2, 0.25) is 0 Å². The fraction of sp³-hybridized carbons (Fsp3) is 0.400. The predicted molar refractivity (Wildman–Crippen MR) is 79.8 cm³/mol. The first kappa shape index (κ1) is 13.5. The summed E-state index contributed by atoms with van der Waals surface area (Å²) in [6.45, 7) is 1.64. The first-order valence-corrected chi connectivity index (χ1v) is 7.65. The Morgan fingerprint density at radius 2 is 2.35 bits per heavy atom. The molecule has 0 saturated carbocycles. The molecule has 1 aromatic carbocycles. The Kier molecular flexibility index (Phi) is 3.72. The monoisotopic (exact) mass is 292 g/mol. The molecule has 0 radical (unpaired) electrons. The van der Waals surface area contributed by atoms with E-state index in [1.165, 1.54) is 23.5 Å². The summed E-state index contributed by atoms with van der Waals surface area (Å²) in [5, 5.41) is 3.95. The number of nitrogens with zero attached hydrogens (tertiary/aromatic N) is 1. The van der Waals surface area contributed by atoms with Gasteiger partial charge in [0.15, 0.2) is 0 Å². The average molecular weight is 292 g/mol. The molecular formula is C15H17FN2OS. The van der Waals surface area contributed by atoms with Crippen molar-refractivity contribution in [1.82, 2.24) is 10.2 Å². The lowest BCUT2D eigenvalue weighted by Crippen LogP contribution is -2.40. The second-order valence-electron chi connectivity index (χ2n) is 5.15. The molecule has 3 nitrogen and oxygen atoms in total. The molecule has 0 bridgehead atoms. The number of halogens is 1. The molecule has 1 saturated heterocycles. The van der Waals surface area contributed by atoms with Crippen molar-refractivity contribution in [3.05, 3.63) is 35.0 Å². The van der Waals surface area contributed by atoms with Crippen LogP contribution in [0, 0.1) is 5.82 Å². The third-order valence-corrected chi connectivity index (χ3v) is 4.87. The van der Waals surface area contributed by atoms with Crippen LogP contribution in [-0.4, -0.2) is 37.0 Å². The van der Waals surface area contributed by atoms with Gasteiger partial charge in [-0.3, -0.25) is 4.79 Å². The molecular weight excluding hydrogens is 275 g/mol. The van der Waals surface area contributed by atoms with Gasteiger partial charge in [0.05, 0.1) is 4.88 Å². The maximum absolute atomic E-state index is 13.2. The lowest BCUT2D eigenvalue weighted by atomic mass is 10.2. The Morgan fingerprint density at radius 1 is 1.50 bits per heavy atom. The van der Waals surface area contributed by atoms with Crippen LogP contribution in [0.3, 0.4) is 0 Å². The molecule has 2 heterocycles. The van der Waals surface area contributed by atoms with Crippen molar-refractivity contribution in [3.63, 3.8) is 0 Å². The zero-order valence-corrected chi connectivity index (χ0v) is 12.2. The van der Waals surface area contributed by atoms with E-state index >= 15 is 0 Å². The van der Waals surface area contributed by atoms with Gasteiger partial charge in [0.25, 0.3) is 5.91 Å². The van der Waals surface area contributed by atoms with E-state index < -0.39 is 0 Å². The standard InChI is InChI=1S/C15H17FN2OS/c1-17-9-12-3-2-6-18(12)15(19)14-8-10-7-11(16)4-5-13(10)20-14/h4-5,7-8,12,17H,2-3,6,9H2,1H3. The lowest BCUT2D eigenvalue weighted by Gasteiger charge is -2.23. The zero-order chi connectivity index (χ0) is 14.1. The number of nitrogens with one attached hydrogen (secondary N) is 1. The van der Waals surface area contributed by atoms with Crippen LogP contribution < -0.4 is 5.32 Å². The second-order valence-corrected chi connectivity index (χ2v) is 6.23. The molecule has 1 amide bonds. The van der Waals surface area contributed by atoms with Crippen molar-refractivity contribution in [3.8, 4) is 0 Å². The van der Waals surface area contributed by atoms with Crippen LogP contribution in [0.1, 0.15) is 22.5 Å². The number of carbonyl (C=O) groups excluding carboxylic acids is 1. The number of fused-ring (bicyclic) bond motifs is 1. The molecule has 1 aromatic heterocycles. The number of hydrogen-bond acceptors (Lipinski definition) is 3. The minimum Gasteiger partial charge on any atom is -0.334 e. The maximum atomic E-state index is 13.2. The van der Waals surface area contributed by atoms with E-state index in [1.807, 2.05) is 11.9 Å². The van der Waals surface area contributed by atoms with E-state index in [2.05, 4.69) is 5.32 Å². The minimum atomic E-state index is -0.261. The minimum absolute atomic E-state index is 0.0735. The summed E-state index contributed by atoms with van der Waals surface area (Å²) in [4.78, 5) is 15.2. The first-order valence-electron chi connectivity index (χ1n) is 6.83. The second kappa shape index (κ2) is 5.50. The highest BCUT2D eigenvalue weighted by atomic mass is 32.1. The van der Waals surface area contributed by atoms with E-state index in [0.29, 0.717) is 4.88 Å². The van der Waals surface area contributed by atoms with Crippen molar-refractivity contribution in [2.45, 2.75) is 18.9 Å². The molecule has 1 aliphatic heterocycles. The van der Waals surface area contributed by atoms with Gasteiger partial charge in [-0.05, 0) is 49.5 Å². The van der Waals surface area contributed by atoms with Gasteiger partial charge in [0.1, 0.15) is 5.82 Å². The topological polar surface area (TPSA) is 32.3 Å². The summed E-state index contributed by atoms with van der Waals surface area (Å²) in [5.74, 6) is -0.187. The Bertz CT molecular complexity index is 640. The van der Waals surface area contributed by atoms with Gasteiger partial charge in [-0.25, -0.2) is 4.39 Å². The molecule has 3 rings (SSSR count). The first-order chi connectivity index (χ1) is 9.69. The van der Waals surface area contributed by atoms with E-state index in [1.54, 1.807) is 12.1 Å². The third kappa shape index (κ3) is 2.43. The smallest absolute Gasteiger partial charge is 0.264 e. The summed E-state index contributed by atoms with van der Waals surface area (Å²) < 4.78 is 14.2. The van der Waals surface area contributed by atoms with Crippen LogP contribution >= 0.6 is 11.3 Å².